The van der Waals surface area contributed by atoms with Crippen LogP contribution in [-0.2, 0) is 9.53 Å². The molecule has 0 N–H and O–H groups in total. The first kappa shape index (κ1) is 7.14. The summed E-state index contributed by atoms with van der Waals surface area (Å²) in [6, 6.07) is 0. The third kappa shape index (κ3) is 1.26. The first-order chi connectivity index (χ1) is 5.25. The monoisotopic (exact) mass is 154 g/mol. The predicted octanol–water partition coefficient (Wildman–Crippen LogP) is 1.74. The van der Waals surface area contributed by atoms with Crippen LogP contribution in [0.2, 0.25) is 0 Å². The van der Waals surface area contributed by atoms with Crippen LogP contribution < -0.4 is 0 Å². The van der Waals surface area contributed by atoms with Gasteiger partial charge in [0.2, 0.25) is 0 Å². The molecule has 2 nitrogen and oxygen atoms in total. The van der Waals surface area contributed by atoms with Gasteiger partial charge >= 0.3 is 5.97 Å². The SMILES string of the molecule is CC(=O)O[C@@H]1C[C@@H]2CC[C@@H]1C2. The Morgan fingerprint density at radius 3 is 2.64 bits per heavy atom. The van der Waals surface area contributed by atoms with Crippen molar-refractivity contribution in [2.24, 2.45) is 11.8 Å². The summed E-state index contributed by atoms with van der Waals surface area (Å²) in [6.45, 7) is 1.51. The van der Waals surface area contributed by atoms with Gasteiger partial charge in [0, 0.05) is 6.92 Å². The van der Waals surface area contributed by atoms with Gasteiger partial charge in [-0.15, -0.1) is 0 Å². The summed E-state index contributed by atoms with van der Waals surface area (Å²) in [6.07, 6.45) is 5.35. The quantitative estimate of drug-likeness (QED) is 0.538. The average molecular weight is 154 g/mol. The number of fused-ring (bicyclic) bond motifs is 2. The highest BCUT2D eigenvalue weighted by atomic mass is 16.5. The van der Waals surface area contributed by atoms with Crippen molar-refractivity contribution in [3.63, 3.8) is 0 Å². The van der Waals surface area contributed by atoms with Crippen LogP contribution in [-0.4, -0.2) is 12.1 Å². The Bertz CT molecular complexity index is 176. The van der Waals surface area contributed by atoms with Gasteiger partial charge in [-0.3, -0.25) is 4.79 Å². The Balaban J connectivity index is 1.92. The van der Waals surface area contributed by atoms with E-state index in [1.807, 2.05) is 0 Å². The molecule has 3 atom stereocenters. The van der Waals surface area contributed by atoms with Crippen molar-refractivity contribution >= 4 is 5.97 Å². The number of ether oxygens (including phenoxy) is 1. The molecule has 0 aromatic heterocycles. The van der Waals surface area contributed by atoms with Gasteiger partial charge < -0.3 is 4.74 Å². The summed E-state index contributed by atoms with van der Waals surface area (Å²) in [5.41, 5.74) is 0. The minimum atomic E-state index is -0.109. The molecule has 0 heterocycles. The Kier molecular flexibility index (Phi) is 1.63. The molecule has 2 fully saturated rings. The van der Waals surface area contributed by atoms with Crippen LogP contribution in [0.4, 0.5) is 0 Å². The molecule has 2 saturated carbocycles. The number of esters is 1. The molecule has 0 spiro atoms. The van der Waals surface area contributed by atoms with E-state index in [9.17, 15) is 4.79 Å². The van der Waals surface area contributed by atoms with Crippen molar-refractivity contribution in [3.05, 3.63) is 0 Å². The van der Waals surface area contributed by atoms with Crippen LogP contribution in [0.15, 0.2) is 0 Å². The van der Waals surface area contributed by atoms with E-state index in [1.54, 1.807) is 0 Å². The first-order valence-corrected chi connectivity index (χ1v) is 4.43. The molecule has 0 unspecified atom stereocenters. The largest absolute Gasteiger partial charge is 0.462 e. The second-order valence-electron chi connectivity index (χ2n) is 3.82. The third-order valence-corrected chi connectivity index (χ3v) is 2.99. The highest BCUT2D eigenvalue weighted by Crippen LogP contribution is 2.45. The standard InChI is InChI=1S/C9H14O2/c1-6(10)11-9-5-7-2-3-8(9)4-7/h7-9H,2-5H2,1H3/t7-,8-,9-/m1/s1. The summed E-state index contributed by atoms with van der Waals surface area (Å²) < 4.78 is 5.21. The maximum atomic E-state index is 10.7. The zero-order valence-electron chi connectivity index (χ0n) is 6.88. The normalized spacial score (nSPS) is 41.0. The van der Waals surface area contributed by atoms with Crippen LogP contribution in [0.25, 0.3) is 0 Å². The van der Waals surface area contributed by atoms with E-state index in [4.69, 9.17) is 4.74 Å². The van der Waals surface area contributed by atoms with Gasteiger partial charge in [-0.1, -0.05) is 0 Å². The smallest absolute Gasteiger partial charge is 0.302 e. The first-order valence-electron chi connectivity index (χ1n) is 4.43. The van der Waals surface area contributed by atoms with Crippen molar-refractivity contribution in [1.29, 1.82) is 0 Å². The Morgan fingerprint density at radius 1 is 1.36 bits per heavy atom. The molecular formula is C9H14O2. The molecule has 0 amide bonds. The average Bonchev–Trinajstić information content (AvgIpc) is 2.45. The van der Waals surface area contributed by atoms with E-state index in [0.29, 0.717) is 5.92 Å². The Hall–Kier alpha value is -0.530. The van der Waals surface area contributed by atoms with Crippen molar-refractivity contribution in [3.8, 4) is 0 Å². The maximum Gasteiger partial charge on any atom is 0.302 e. The second-order valence-corrected chi connectivity index (χ2v) is 3.82. The fraction of sp³-hybridized carbons (Fsp3) is 0.889. The van der Waals surface area contributed by atoms with E-state index in [2.05, 4.69) is 0 Å². The number of hydrogen-bond acceptors (Lipinski definition) is 2. The van der Waals surface area contributed by atoms with Gasteiger partial charge in [-0.05, 0) is 37.5 Å². The van der Waals surface area contributed by atoms with E-state index < -0.39 is 0 Å². The molecule has 0 radical (unpaired) electrons. The molecule has 0 aromatic rings. The van der Waals surface area contributed by atoms with Crippen molar-refractivity contribution < 1.29 is 9.53 Å². The van der Waals surface area contributed by atoms with E-state index >= 15 is 0 Å². The van der Waals surface area contributed by atoms with Crippen molar-refractivity contribution in [1.82, 2.24) is 0 Å². The zero-order valence-corrected chi connectivity index (χ0v) is 6.88. The Labute approximate surface area is 66.9 Å². The van der Waals surface area contributed by atoms with Crippen molar-refractivity contribution in [2.75, 3.05) is 0 Å². The predicted molar refractivity (Wildman–Crippen MR) is 41.0 cm³/mol. The van der Waals surface area contributed by atoms with Gasteiger partial charge in [-0.2, -0.15) is 0 Å². The molecule has 2 heteroatoms. The van der Waals surface area contributed by atoms with Gasteiger partial charge in [0.25, 0.3) is 0 Å². The third-order valence-electron chi connectivity index (χ3n) is 2.99. The van der Waals surface area contributed by atoms with Crippen LogP contribution in [0.5, 0.6) is 0 Å². The fourth-order valence-corrected chi connectivity index (χ4v) is 2.54. The van der Waals surface area contributed by atoms with Gasteiger partial charge in [0.1, 0.15) is 6.10 Å². The highest BCUT2D eigenvalue weighted by molar-refractivity contribution is 5.66. The lowest BCUT2D eigenvalue weighted by Crippen LogP contribution is -2.22. The summed E-state index contributed by atoms with van der Waals surface area (Å²) in [4.78, 5) is 10.7. The lowest BCUT2D eigenvalue weighted by Gasteiger charge is -2.20. The van der Waals surface area contributed by atoms with E-state index in [1.165, 1.54) is 26.2 Å². The summed E-state index contributed by atoms with van der Waals surface area (Å²) in [7, 11) is 0. The highest BCUT2D eigenvalue weighted by Gasteiger charge is 2.41. The van der Waals surface area contributed by atoms with Crippen LogP contribution in [0, 0.1) is 11.8 Å². The lowest BCUT2D eigenvalue weighted by molar-refractivity contribution is -0.148. The van der Waals surface area contributed by atoms with E-state index in [-0.39, 0.29) is 12.1 Å². The molecule has 0 saturated heterocycles. The van der Waals surface area contributed by atoms with E-state index in [0.717, 1.165) is 12.3 Å². The van der Waals surface area contributed by atoms with Gasteiger partial charge in [-0.25, -0.2) is 0 Å². The minimum absolute atomic E-state index is 0.109. The number of rotatable bonds is 1. The molecule has 2 aliphatic carbocycles. The summed E-state index contributed by atoms with van der Waals surface area (Å²) in [5, 5.41) is 0. The topological polar surface area (TPSA) is 26.3 Å². The maximum absolute atomic E-state index is 10.7. The van der Waals surface area contributed by atoms with Gasteiger partial charge in [0.05, 0.1) is 0 Å². The number of hydrogen-bond donors (Lipinski definition) is 0. The van der Waals surface area contributed by atoms with Gasteiger partial charge in [0.15, 0.2) is 0 Å². The summed E-state index contributed by atoms with van der Waals surface area (Å²) in [5.74, 6) is 1.45. The minimum Gasteiger partial charge on any atom is -0.462 e. The van der Waals surface area contributed by atoms with Crippen molar-refractivity contribution in [2.45, 2.75) is 38.7 Å². The molecular weight excluding hydrogens is 140 g/mol. The molecule has 11 heavy (non-hydrogen) atoms. The van der Waals surface area contributed by atoms with Crippen LogP contribution in [0.1, 0.15) is 32.6 Å². The molecule has 2 aliphatic rings. The number of carbonyl (C=O) groups is 1. The molecule has 2 bridgehead atoms. The Morgan fingerprint density at radius 2 is 2.18 bits per heavy atom. The molecule has 2 rings (SSSR count). The second kappa shape index (κ2) is 2.50. The lowest BCUT2D eigenvalue weighted by atomic mass is 9.98. The molecule has 0 aromatic carbocycles. The summed E-state index contributed by atoms with van der Waals surface area (Å²) >= 11 is 0. The van der Waals surface area contributed by atoms with Crippen LogP contribution >= 0.6 is 0 Å². The number of carbonyl (C=O) groups excluding carboxylic acids is 1. The molecule has 0 aliphatic heterocycles. The van der Waals surface area contributed by atoms with Crippen LogP contribution in [0.3, 0.4) is 0 Å². The fourth-order valence-electron chi connectivity index (χ4n) is 2.54. The molecule has 62 valence electrons. The zero-order chi connectivity index (χ0) is 7.84.